The van der Waals surface area contributed by atoms with E-state index in [-0.39, 0.29) is 0 Å². The summed E-state index contributed by atoms with van der Waals surface area (Å²) < 4.78 is 0. The molecule has 0 spiro atoms. The van der Waals surface area contributed by atoms with Crippen LogP contribution >= 0.6 is 0 Å². The van der Waals surface area contributed by atoms with Gasteiger partial charge in [0, 0.05) is 0 Å². The van der Waals surface area contributed by atoms with Gasteiger partial charge >= 0.3 is 0 Å². The zero-order valence-electron chi connectivity index (χ0n) is 9.29. The Bertz CT molecular complexity index is 301. The summed E-state index contributed by atoms with van der Waals surface area (Å²) in [5.74, 6) is 1.76. The first-order chi connectivity index (χ1) is 6.75. The van der Waals surface area contributed by atoms with Crippen LogP contribution in [-0.4, -0.2) is 0 Å². The molecule has 1 saturated carbocycles. The van der Waals surface area contributed by atoms with E-state index in [0.717, 1.165) is 11.8 Å². The van der Waals surface area contributed by atoms with Crippen LogP contribution < -0.4 is 0 Å². The zero-order chi connectivity index (χ0) is 9.97. The van der Waals surface area contributed by atoms with Crippen LogP contribution in [0.1, 0.15) is 49.7 Å². The van der Waals surface area contributed by atoms with E-state index in [1.807, 2.05) is 0 Å². The Kier molecular flexibility index (Phi) is 2.90. The smallest absolute Gasteiger partial charge is 0.0159 e. The van der Waals surface area contributed by atoms with Crippen LogP contribution in [0.4, 0.5) is 0 Å². The normalized spacial score (nSPS) is 27.6. The van der Waals surface area contributed by atoms with Gasteiger partial charge in [0.2, 0.25) is 0 Å². The van der Waals surface area contributed by atoms with Crippen LogP contribution in [0, 0.1) is 12.8 Å². The van der Waals surface area contributed by atoms with E-state index >= 15 is 0 Å². The highest BCUT2D eigenvalue weighted by Crippen LogP contribution is 2.35. The molecule has 1 aromatic rings. The number of benzene rings is 1. The van der Waals surface area contributed by atoms with E-state index in [9.17, 15) is 0 Å². The van der Waals surface area contributed by atoms with E-state index in [4.69, 9.17) is 0 Å². The quantitative estimate of drug-likeness (QED) is 0.616. The van der Waals surface area contributed by atoms with Gasteiger partial charge in [-0.3, -0.25) is 0 Å². The van der Waals surface area contributed by atoms with Crippen LogP contribution in [0.2, 0.25) is 0 Å². The first kappa shape index (κ1) is 9.76. The average molecular weight is 188 g/mol. The fourth-order valence-electron chi connectivity index (χ4n) is 2.66. The van der Waals surface area contributed by atoms with Crippen molar-refractivity contribution >= 4 is 0 Å². The molecule has 0 heteroatoms. The fraction of sp³-hybridized carbons (Fsp3) is 0.571. The average Bonchev–Trinajstić information content (AvgIpc) is 2.18. The third kappa shape index (κ3) is 2.17. The lowest BCUT2D eigenvalue weighted by atomic mass is 9.78. The number of aryl methyl sites for hydroxylation is 1. The van der Waals surface area contributed by atoms with Crippen LogP contribution in [0.3, 0.4) is 0 Å². The van der Waals surface area contributed by atoms with Crippen LogP contribution in [-0.2, 0) is 0 Å². The molecule has 2 atom stereocenters. The second-order valence-corrected chi connectivity index (χ2v) is 4.88. The first-order valence-corrected chi connectivity index (χ1v) is 5.82. The molecule has 76 valence electrons. The molecule has 14 heavy (non-hydrogen) atoms. The van der Waals surface area contributed by atoms with Crippen molar-refractivity contribution in [2.45, 2.75) is 45.4 Å². The monoisotopic (exact) mass is 188 g/mol. The van der Waals surface area contributed by atoms with Crippen molar-refractivity contribution in [3.05, 3.63) is 35.4 Å². The maximum absolute atomic E-state index is 2.39. The molecular formula is C14H20. The van der Waals surface area contributed by atoms with Crippen LogP contribution in [0.15, 0.2) is 24.3 Å². The van der Waals surface area contributed by atoms with Crippen LogP contribution in [0.25, 0.3) is 0 Å². The molecule has 0 heterocycles. The van der Waals surface area contributed by atoms with Gasteiger partial charge in [-0.05, 0) is 37.2 Å². The topological polar surface area (TPSA) is 0 Å². The molecule has 0 aliphatic heterocycles. The molecule has 1 fully saturated rings. The molecule has 0 bridgehead atoms. The van der Waals surface area contributed by atoms with Gasteiger partial charge < -0.3 is 0 Å². The number of hydrogen-bond acceptors (Lipinski definition) is 0. The molecule has 0 unspecified atom stereocenters. The van der Waals surface area contributed by atoms with Crippen molar-refractivity contribution in [1.29, 1.82) is 0 Å². The summed E-state index contributed by atoms with van der Waals surface area (Å²) in [4.78, 5) is 0. The SMILES string of the molecule is Cc1cccc([C@H]2CCC[C@H](C)C2)c1. The Labute approximate surface area is 87.3 Å². The summed E-state index contributed by atoms with van der Waals surface area (Å²) in [6.07, 6.45) is 5.64. The first-order valence-electron chi connectivity index (χ1n) is 5.82. The van der Waals surface area contributed by atoms with Gasteiger partial charge in [0.15, 0.2) is 0 Å². The van der Waals surface area contributed by atoms with Gasteiger partial charge in [-0.2, -0.15) is 0 Å². The van der Waals surface area contributed by atoms with Crippen molar-refractivity contribution in [3.63, 3.8) is 0 Å². The number of hydrogen-bond donors (Lipinski definition) is 0. The minimum Gasteiger partial charge on any atom is -0.0625 e. The fourth-order valence-corrected chi connectivity index (χ4v) is 2.66. The molecular weight excluding hydrogens is 168 g/mol. The van der Waals surface area contributed by atoms with E-state index in [1.54, 1.807) is 5.56 Å². The molecule has 1 aromatic carbocycles. The predicted molar refractivity (Wildman–Crippen MR) is 61.6 cm³/mol. The third-order valence-corrected chi connectivity index (χ3v) is 3.45. The standard InChI is InChI=1S/C14H20/c1-11-5-3-7-13(9-11)14-8-4-6-12(2)10-14/h3,5,7,9,12,14H,4,6,8,10H2,1-2H3/t12-,14-/m0/s1. The highest BCUT2D eigenvalue weighted by Gasteiger charge is 2.19. The molecule has 0 aromatic heterocycles. The van der Waals surface area contributed by atoms with Gasteiger partial charge in [0.25, 0.3) is 0 Å². The van der Waals surface area contributed by atoms with Gasteiger partial charge in [-0.1, -0.05) is 49.6 Å². The molecule has 0 saturated heterocycles. The summed E-state index contributed by atoms with van der Waals surface area (Å²) in [6.45, 7) is 4.58. The lowest BCUT2D eigenvalue weighted by Gasteiger charge is -2.27. The minimum absolute atomic E-state index is 0.832. The van der Waals surface area contributed by atoms with E-state index in [2.05, 4.69) is 38.1 Å². The highest BCUT2D eigenvalue weighted by atomic mass is 14.2. The summed E-state index contributed by atoms with van der Waals surface area (Å²) in [5.41, 5.74) is 2.97. The molecule has 1 aliphatic rings. The minimum atomic E-state index is 0.832. The van der Waals surface area contributed by atoms with Gasteiger partial charge in [0.05, 0.1) is 0 Å². The molecule has 2 rings (SSSR count). The Hall–Kier alpha value is -0.780. The van der Waals surface area contributed by atoms with Crippen molar-refractivity contribution in [3.8, 4) is 0 Å². The van der Waals surface area contributed by atoms with Crippen molar-refractivity contribution in [1.82, 2.24) is 0 Å². The molecule has 0 radical (unpaired) electrons. The van der Waals surface area contributed by atoms with E-state index in [0.29, 0.717) is 0 Å². The molecule has 0 amide bonds. The third-order valence-electron chi connectivity index (χ3n) is 3.45. The maximum atomic E-state index is 2.39. The lowest BCUT2D eigenvalue weighted by molar-refractivity contribution is 0.344. The second kappa shape index (κ2) is 4.16. The summed E-state index contributed by atoms with van der Waals surface area (Å²) in [6, 6.07) is 9.05. The van der Waals surface area contributed by atoms with Crippen molar-refractivity contribution in [2.75, 3.05) is 0 Å². The summed E-state index contributed by atoms with van der Waals surface area (Å²) in [7, 11) is 0. The Morgan fingerprint density at radius 3 is 2.79 bits per heavy atom. The zero-order valence-corrected chi connectivity index (χ0v) is 9.29. The van der Waals surface area contributed by atoms with Crippen molar-refractivity contribution in [2.24, 2.45) is 5.92 Å². The number of rotatable bonds is 1. The van der Waals surface area contributed by atoms with E-state index in [1.165, 1.54) is 31.2 Å². The molecule has 0 N–H and O–H groups in total. The van der Waals surface area contributed by atoms with E-state index < -0.39 is 0 Å². The highest BCUT2D eigenvalue weighted by molar-refractivity contribution is 5.25. The van der Waals surface area contributed by atoms with Crippen molar-refractivity contribution < 1.29 is 0 Å². The molecule has 1 aliphatic carbocycles. The Morgan fingerprint density at radius 1 is 1.21 bits per heavy atom. The van der Waals surface area contributed by atoms with Crippen LogP contribution in [0.5, 0.6) is 0 Å². The lowest BCUT2D eigenvalue weighted by Crippen LogP contribution is -2.11. The summed E-state index contributed by atoms with van der Waals surface area (Å²) >= 11 is 0. The largest absolute Gasteiger partial charge is 0.0625 e. The Balaban J connectivity index is 2.14. The Morgan fingerprint density at radius 2 is 2.07 bits per heavy atom. The van der Waals surface area contributed by atoms with Gasteiger partial charge in [0.1, 0.15) is 0 Å². The predicted octanol–water partition coefficient (Wildman–Crippen LogP) is 4.29. The maximum Gasteiger partial charge on any atom is -0.0159 e. The summed E-state index contributed by atoms with van der Waals surface area (Å²) in [5, 5.41) is 0. The second-order valence-electron chi connectivity index (χ2n) is 4.88. The van der Waals surface area contributed by atoms with Gasteiger partial charge in [-0.25, -0.2) is 0 Å². The van der Waals surface area contributed by atoms with Gasteiger partial charge in [-0.15, -0.1) is 0 Å². The molecule has 0 nitrogen and oxygen atoms in total.